The largest absolute Gasteiger partial charge is 0.328 e. The summed E-state index contributed by atoms with van der Waals surface area (Å²) >= 11 is 0. The number of nitrogens with one attached hydrogen (secondary N) is 1. The maximum Gasteiger partial charge on any atom is 0.240 e. The monoisotopic (exact) mass is 200 g/mol. The Kier molecular flexibility index (Phi) is 2.64. The molecule has 0 atom stereocenters. The lowest BCUT2D eigenvalue weighted by Crippen LogP contribution is -2.14. The van der Waals surface area contributed by atoms with Gasteiger partial charge in [0, 0.05) is 0 Å². The first-order chi connectivity index (χ1) is 6.05. The van der Waals surface area contributed by atoms with Crippen LogP contribution in [-0.4, -0.2) is 14.8 Å². The van der Waals surface area contributed by atoms with Gasteiger partial charge in [0.05, 0.1) is 5.69 Å². The molecule has 0 fully saturated rings. The smallest absolute Gasteiger partial charge is 0.240 e. The van der Waals surface area contributed by atoms with Crippen molar-refractivity contribution in [3.8, 4) is 0 Å². The molecule has 0 radical (unpaired) electrons. The zero-order valence-corrected chi connectivity index (χ0v) is 7.41. The average Bonchev–Trinajstić information content (AvgIpc) is 2.04. The number of carbonyl (C=O) groups is 1. The highest BCUT2D eigenvalue weighted by Crippen LogP contribution is 2.17. The fraction of sp³-hybridized carbons (Fsp3) is 0. The Labute approximate surface area is 75.6 Å². The second-order valence-corrected chi connectivity index (χ2v) is 3.83. The molecule has 13 heavy (non-hydrogen) atoms. The van der Waals surface area contributed by atoms with E-state index in [1.807, 2.05) is 0 Å². The van der Waals surface area contributed by atoms with Crippen LogP contribution < -0.4 is 10.5 Å². The molecule has 0 aliphatic heterocycles. The molecule has 6 heteroatoms. The Morgan fingerprint density at radius 3 is 2.46 bits per heavy atom. The predicted molar refractivity (Wildman–Crippen MR) is 47.5 cm³/mol. The third-order valence-electron chi connectivity index (χ3n) is 1.41. The van der Waals surface area contributed by atoms with Gasteiger partial charge in [0.2, 0.25) is 16.4 Å². The lowest BCUT2D eigenvalue weighted by molar-refractivity contribution is -0.105. The van der Waals surface area contributed by atoms with E-state index in [2.05, 4.69) is 5.32 Å². The minimum absolute atomic E-state index is 0.0953. The lowest BCUT2D eigenvalue weighted by Gasteiger charge is -2.04. The maximum atomic E-state index is 11.0. The van der Waals surface area contributed by atoms with E-state index in [0.717, 1.165) is 0 Å². The summed E-state index contributed by atoms with van der Waals surface area (Å²) < 4.78 is 21.9. The van der Waals surface area contributed by atoms with Gasteiger partial charge in [-0.05, 0) is 12.1 Å². The minimum atomic E-state index is -3.78. The van der Waals surface area contributed by atoms with E-state index in [-0.39, 0.29) is 10.6 Å². The molecule has 0 aliphatic rings. The molecule has 0 aliphatic carbocycles. The normalized spacial score (nSPS) is 10.8. The summed E-state index contributed by atoms with van der Waals surface area (Å²) in [6, 6.07) is 5.89. The highest BCUT2D eigenvalue weighted by Gasteiger charge is 2.11. The van der Waals surface area contributed by atoms with Gasteiger partial charge >= 0.3 is 0 Å². The van der Waals surface area contributed by atoms with Gasteiger partial charge in [-0.2, -0.15) is 0 Å². The number of hydrogen-bond acceptors (Lipinski definition) is 3. The molecule has 1 amide bonds. The summed E-state index contributed by atoms with van der Waals surface area (Å²) in [5.41, 5.74) is 0.181. The van der Waals surface area contributed by atoms with Crippen molar-refractivity contribution in [3.63, 3.8) is 0 Å². The predicted octanol–water partition coefficient (Wildman–Crippen LogP) is -0.0977. The van der Waals surface area contributed by atoms with Crippen molar-refractivity contribution in [3.05, 3.63) is 24.3 Å². The highest BCUT2D eigenvalue weighted by atomic mass is 32.2. The van der Waals surface area contributed by atoms with Crippen LogP contribution in [0.4, 0.5) is 5.69 Å². The SMILES string of the molecule is NS(=O)(=O)c1ccccc1NC=O. The van der Waals surface area contributed by atoms with Gasteiger partial charge in [0.15, 0.2) is 0 Å². The summed E-state index contributed by atoms with van der Waals surface area (Å²) in [7, 11) is -3.78. The molecule has 1 rings (SSSR count). The standard InChI is InChI=1S/C7H8N2O3S/c8-13(11,12)7-4-2-1-3-6(7)9-5-10/h1-5H,(H,9,10)(H2,8,11,12). The first-order valence-corrected chi connectivity index (χ1v) is 4.92. The maximum absolute atomic E-state index is 11.0. The summed E-state index contributed by atoms with van der Waals surface area (Å²) in [5, 5.41) is 7.15. The van der Waals surface area contributed by atoms with Crippen LogP contribution in [0.15, 0.2) is 29.2 Å². The average molecular weight is 200 g/mol. The summed E-state index contributed by atoms with van der Waals surface area (Å²) in [4.78, 5) is 10.0. The van der Waals surface area contributed by atoms with Crippen molar-refractivity contribution in [1.29, 1.82) is 0 Å². The van der Waals surface area contributed by atoms with E-state index in [9.17, 15) is 13.2 Å². The zero-order valence-electron chi connectivity index (χ0n) is 6.60. The molecule has 0 unspecified atom stereocenters. The molecular formula is C7H8N2O3S. The second kappa shape index (κ2) is 3.55. The molecule has 5 nitrogen and oxygen atoms in total. The van der Waals surface area contributed by atoms with Gasteiger partial charge in [0.25, 0.3) is 0 Å². The zero-order chi connectivity index (χ0) is 9.90. The van der Waals surface area contributed by atoms with Gasteiger partial charge in [0.1, 0.15) is 4.90 Å². The Morgan fingerprint density at radius 1 is 1.31 bits per heavy atom. The number of amides is 1. The van der Waals surface area contributed by atoms with Crippen LogP contribution in [0.25, 0.3) is 0 Å². The van der Waals surface area contributed by atoms with E-state index in [1.54, 1.807) is 6.07 Å². The third-order valence-corrected chi connectivity index (χ3v) is 2.38. The van der Waals surface area contributed by atoms with E-state index >= 15 is 0 Å². The minimum Gasteiger partial charge on any atom is -0.328 e. The Balaban J connectivity index is 3.28. The van der Waals surface area contributed by atoms with Crippen LogP contribution in [-0.2, 0) is 14.8 Å². The van der Waals surface area contributed by atoms with Crippen molar-refractivity contribution >= 4 is 22.1 Å². The topological polar surface area (TPSA) is 89.3 Å². The molecule has 70 valence electrons. The Morgan fingerprint density at radius 2 is 1.92 bits per heavy atom. The number of anilines is 1. The highest BCUT2D eigenvalue weighted by molar-refractivity contribution is 7.89. The van der Waals surface area contributed by atoms with Crippen molar-refractivity contribution in [2.75, 3.05) is 5.32 Å². The molecule has 1 aromatic carbocycles. The van der Waals surface area contributed by atoms with Crippen LogP contribution >= 0.6 is 0 Å². The third kappa shape index (κ3) is 2.27. The number of primary sulfonamides is 1. The summed E-state index contributed by atoms with van der Waals surface area (Å²) in [5.74, 6) is 0. The van der Waals surface area contributed by atoms with Crippen LogP contribution in [0, 0.1) is 0 Å². The van der Waals surface area contributed by atoms with Gasteiger partial charge in [-0.15, -0.1) is 0 Å². The number of sulfonamides is 1. The summed E-state index contributed by atoms with van der Waals surface area (Å²) in [6.45, 7) is 0. The first-order valence-electron chi connectivity index (χ1n) is 3.37. The van der Waals surface area contributed by atoms with Gasteiger partial charge in [-0.1, -0.05) is 12.1 Å². The van der Waals surface area contributed by atoms with Gasteiger partial charge in [-0.25, -0.2) is 13.6 Å². The van der Waals surface area contributed by atoms with E-state index in [4.69, 9.17) is 5.14 Å². The quantitative estimate of drug-likeness (QED) is 0.668. The Hall–Kier alpha value is -1.40. The van der Waals surface area contributed by atoms with Crippen LogP contribution in [0.3, 0.4) is 0 Å². The van der Waals surface area contributed by atoms with Gasteiger partial charge in [-0.3, -0.25) is 4.79 Å². The molecule has 0 heterocycles. The molecule has 3 N–H and O–H groups in total. The Bertz CT molecular complexity index is 414. The first kappa shape index (κ1) is 9.69. The number of benzene rings is 1. The molecule has 0 spiro atoms. The van der Waals surface area contributed by atoms with E-state index in [0.29, 0.717) is 6.41 Å². The van der Waals surface area contributed by atoms with E-state index < -0.39 is 10.0 Å². The number of para-hydroxylation sites is 1. The van der Waals surface area contributed by atoms with Crippen LogP contribution in [0.5, 0.6) is 0 Å². The van der Waals surface area contributed by atoms with Crippen LogP contribution in [0.2, 0.25) is 0 Å². The molecule has 0 saturated heterocycles. The number of nitrogens with two attached hydrogens (primary N) is 1. The van der Waals surface area contributed by atoms with Crippen molar-refractivity contribution in [2.24, 2.45) is 5.14 Å². The van der Waals surface area contributed by atoms with Crippen molar-refractivity contribution in [2.45, 2.75) is 4.90 Å². The number of rotatable bonds is 3. The fourth-order valence-electron chi connectivity index (χ4n) is 0.897. The summed E-state index contributed by atoms with van der Waals surface area (Å²) in [6.07, 6.45) is 0.393. The van der Waals surface area contributed by atoms with Crippen LogP contribution in [0.1, 0.15) is 0 Å². The second-order valence-electron chi connectivity index (χ2n) is 2.30. The number of carbonyl (C=O) groups excluding carboxylic acids is 1. The lowest BCUT2D eigenvalue weighted by atomic mass is 10.3. The van der Waals surface area contributed by atoms with Crippen molar-refractivity contribution in [1.82, 2.24) is 0 Å². The van der Waals surface area contributed by atoms with Gasteiger partial charge < -0.3 is 5.32 Å². The van der Waals surface area contributed by atoms with E-state index in [1.165, 1.54) is 18.2 Å². The molecule has 1 aromatic rings. The molecule has 0 aromatic heterocycles. The van der Waals surface area contributed by atoms with Crippen molar-refractivity contribution < 1.29 is 13.2 Å². The molecule has 0 bridgehead atoms. The fourth-order valence-corrected chi connectivity index (χ4v) is 1.60. The molecule has 0 saturated carbocycles. The molecular weight excluding hydrogens is 192 g/mol. The number of hydrogen-bond donors (Lipinski definition) is 2.